The highest BCUT2D eigenvalue weighted by Gasteiger charge is 2.22. The largest absolute Gasteiger partial charge is 0.488 e. The van der Waals surface area contributed by atoms with Crippen LogP contribution in [0.2, 0.25) is 0 Å². The number of rotatable bonds is 1. The molecule has 0 radical (unpaired) electrons. The zero-order chi connectivity index (χ0) is 11.0. The van der Waals surface area contributed by atoms with E-state index in [0.717, 1.165) is 22.4 Å². The molecule has 0 bridgehead atoms. The van der Waals surface area contributed by atoms with Crippen LogP contribution in [0.3, 0.4) is 0 Å². The Balaban J connectivity index is 2.65. The highest BCUT2D eigenvalue weighted by atomic mass is 16.5. The van der Waals surface area contributed by atoms with E-state index in [-0.39, 0.29) is 6.61 Å². The average molecular weight is 204 g/mol. The Bertz CT molecular complexity index is 458. The van der Waals surface area contributed by atoms with Gasteiger partial charge < -0.3 is 9.84 Å². The van der Waals surface area contributed by atoms with Crippen molar-refractivity contribution in [1.29, 1.82) is 0 Å². The molecule has 1 heterocycles. The second kappa shape index (κ2) is 3.42. The normalized spacial score (nSPS) is 14.5. The maximum absolute atomic E-state index is 10.9. The van der Waals surface area contributed by atoms with Gasteiger partial charge in [0, 0.05) is 5.56 Å². The molecule has 3 heteroatoms. The van der Waals surface area contributed by atoms with Gasteiger partial charge in [-0.1, -0.05) is 12.1 Å². The first kappa shape index (κ1) is 9.77. The Morgan fingerprint density at radius 2 is 2.13 bits per heavy atom. The summed E-state index contributed by atoms with van der Waals surface area (Å²) < 4.78 is 5.41. The number of carboxylic acids is 1. The molecule has 78 valence electrons. The third kappa shape index (κ3) is 1.50. The fraction of sp³-hybridized carbons (Fsp3) is 0.250. The van der Waals surface area contributed by atoms with Crippen LogP contribution < -0.4 is 4.74 Å². The Morgan fingerprint density at radius 3 is 2.80 bits per heavy atom. The van der Waals surface area contributed by atoms with Crippen LogP contribution >= 0.6 is 0 Å². The summed E-state index contributed by atoms with van der Waals surface area (Å²) in [5.74, 6) is -0.126. The van der Waals surface area contributed by atoms with Gasteiger partial charge in [0.15, 0.2) is 0 Å². The summed E-state index contributed by atoms with van der Waals surface area (Å²) in [6, 6.07) is 5.73. The van der Waals surface area contributed by atoms with Crippen LogP contribution in [0.5, 0.6) is 5.75 Å². The lowest BCUT2D eigenvalue weighted by molar-refractivity contribution is -0.133. The Morgan fingerprint density at radius 1 is 1.40 bits per heavy atom. The fourth-order valence-corrected chi connectivity index (χ4v) is 1.87. The summed E-state index contributed by atoms with van der Waals surface area (Å²) in [6.45, 7) is 3.94. The molecule has 0 spiro atoms. The molecule has 0 saturated carbocycles. The van der Waals surface area contributed by atoms with Gasteiger partial charge in [-0.15, -0.1) is 0 Å². The standard InChI is InChI=1S/C12H12O3/c1-7-4-3-5-10-11(7)8(2)9(6-15-10)12(13)14/h3-5H,6H2,1-2H3,(H,13,14). The molecule has 1 aliphatic rings. The minimum atomic E-state index is -0.901. The molecule has 1 aromatic rings. The van der Waals surface area contributed by atoms with E-state index in [4.69, 9.17) is 9.84 Å². The van der Waals surface area contributed by atoms with Crippen LogP contribution in [0.25, 0.3) is 5.57 Å². The topological polar surface area (TPSA) is 46.5 Å². The lowest BCUT2D eigenvalue weighted by Crippen LogP contribution is -2.17. The second-order valence-electron chi connectivity index (χ2n) is 3.65. The SMILES string of the molecule is CC1=C(C(=O)O)COc2cccc(C)c21. The van der Waals surface area contributed by atoms with Crippen LogP contribution in [0, 0.1) is 6.92 Å². The van der Waals surface area contributed by atoms with Crippen molar-refractivity contribution in [1.82, 2.24) is 0 Å². The molecule has 0 saturated heterocycles. The number of carbonyl (C=O) groups is 1. The van der Waals surface area contributed by atoms with Crippen molar-refractivity contribution < 1.29 is 14.6 Å². The third-order valence-corrected chi connectivity index (χ3v) is 2.69. The molecule has 0 unspecified atom stereocenters. The number of hydrogen-bond donors (Lipinski definition) is 1. The van der Waals surface area contributed by atoms with Gasteiger partial charge in [0.05, 0.1) is 5.57 Å². The summed E-state index contributed by atoms with van der Waals surface area (Å²) in [5, 5.41) is 8.99. The van der Waals surface area contributed by atoms with Gasteiger partial charge in [0.25, 0.3) is 0 Å². The third-order valence-electron chi connectivity index (χ3n) is 2.69. The summed E-state index contributed by atoms with van der Waals surface area (Å²) >= 11 is 0. The molecule has 0 atom stereocenters. The van der Waals surface area contributed by atoms with Crippen molar-refractivity contribution in [2.75, 3.05) is 6.61 Å². The van der Waals surface area contributed by atoms with Gasteiger partial charge in [-0.25, -0.2) is 4.79 Å². The van der Waals surface area contributed by atoms with E-state index in [9.17, 15) is 4.79 Å². The van der Waals surface area contributed by atoms with Crippen molar-refractivity contribution in [3.63, 3.8) is 0 Å². The Labute approximate surface area is 88.0 Å². The van der Waals surface area contributed by atoms with Crippen LogP contribution in [0.4, 0.5) is 0 Å². The molecule has 0 fully saturated rings. The van der Waals surface area contributed by atoms with Crippen molar-refractivity contribution in [3.05, 3.63) is 34.9 Å². The average Bonchev–Trinajstić information content (AvgIpc) is 2.17. The van der Waals surface area contributed by atoms with Gasteiger partial charge in [0.1, 0.15) is 12.4 Å². The number of ether oxygens (including phenoxy) is 1. The highest BCUT2D eigenvalue weighted by molar-refractivity contribution is 5.98. The van der Waals surface area contributed by atoms with Gasteiger partial charge in [0.2, 0.25) is 0 Å². The van der Waals surface area contributed by atoms with E-state index < -0.39 is 5.97 Å². The first-order chi connectivity index (χ1) is 7.11. The van der Waals surface area contributed by atoms with Crippen LogP contribution in [0.15, 0.2) is 23.8 Å². The molecule has 2 rings (SSSR count). The first-order valence-corrected chi connectivity index (χ1v) is 4.77. The fourth-order valence-electron chi connectivity index (χ4n) is 1.87. The molecular formula is C12H12O3. The number of benzene rings is 1. The van der Waals surface area contributed by atoms with E-state index >= 15 is 0 Å². The molecule has 0 aliphatic carbocycles. The van der Waals surface area contributed by atoms with E-state index in [1.165, 1.54) is 0 Å². The maximum Gasteiger partial charge on any atom is 0.335 e. The Kier molecular flexibility index (Phi) is 2.23. The monoisotopic (exact) mass is 204 g/mol. The second-order valence-corrected chi connectivity index (χ2v) is 3.65. The number of carboxylic acid groups (broad SMARTS) is 1. The lowest BCUT2D eigenvalue weighted by atomic mass is 9.95. The minimum absolute atomic E-state index is 0.150. The number of allylic oxidation sites excluding steroid dienone is 1. The van der Waals surface area contributed by atoms with E-state index in [1.54, 1.807) is 0 Å². The van der Waals surface area contributed by atoms with E-state index in [0.29, 0.717) is 5.57 Å². The molecule has 1 N–H and O–H groups in total. The van der Waals surface area contributed by atoms with Gasteiger partial charge >= 0.3 is 5.97 Å². The van der Waals surface area contributed by atoms with Crippen LogP contribution in [-0.2, 0) is 4.79 Å². The first-order valence-electron chi connectivity index (χ1n) is 4.77. The van der Waals surface area contributed by atoms with Crippen molar-refractivity contribution in [3.8, 4) is 5.75 Å². The Hall–Kier alpha value is -1.77. The molecule has 0 amide bonds. The molecule has 0 aromatic heterocycles. The molecule has 1 aliphatic heterocycles. The number of aryl methyl sites for hydroxylation is 1. The zero-order valence-corrected chi connectivity index (χ0v) is 8.70. The summed E-state index contributed by atoms with van der Waals surface area (Å²) in [4.78, 5) is 10.9. The smallest absolute Gasteiger partial charge is 0.335 e. The van der Waals surface area contributed by atoms with Crippen molar-refractivity contribution in [2.24, 2.45) is 0 Å². The van der Waals surface area contributed by atoms with Gasteiger partial charge in [-0.2, -0.15) is 0 Å². The summed E-state index contributed by atoms with van der Waals surface area (Å²) in [7, 11) is 0. The molecule has 3 nitrogen and oxygen atoms in total. The van der Waals surface area contributed by atoms with E-state index in [1.807, 2.05) is 32.0 Å². The zero-order valence-electron chi connectivity index (χ0n) is 8.70. The van der Waals surface area contributed by atoms with Crippen LogP contribution in [0.1, 0.15) is 18.1 Å². The van der Waals surface area contributed by atoms with Gasteiger partial charge in [-0.3, -0.25) is 0 Å². The predicted molar refractivity (Wildman–Crippen MR) is 56.9 cm³/mol. The van der Waals surface area contributed by atoms with Gasteiger partial charge in [-0.05, 0) is 31.1 Å². The maximum atomic E-state index is 10.9. The summed E-state index contributed by atoms with van der Waals surface area (Å²) in [5.41, 5.74) is 3.11. The predicted octanol–water partition coefficient (Wildman–Crippen LogP) is 2.25. The van der Waals surface area contributed by atoms with Crippen LogP contribution in [-0.4, -0.2) is 17.7 Å². The van der Waals surface area contributed by atoms with Crippen molar-refractivity contribution >= 4 is 11.5 Å². The molecular weight excluding hydrogens is 192 g/mol. The lowest BCUT2D eigenvalue weighted by Gasteiger charge is -2.21. The minimum Gasteiger partial charge on any atom is -0.488 e. The summed E-state index contributed by atoms with van der Waals surface area (Å²) in [6.07, 6.45) is 0. The molecule has 15 heavy (non-hydrogen) atoms. The highest BCUT2D eigenvalue weighted by Crippen LogP contribution is 2.34. The van der Waals surface area contributed by atoms with Crippen molar-refractivity contribution in [2.45, 2.75) is 13.8 Å². The quantitative estimate of drug-likeness (QED) is 0.763. The number of aliphatic carboxylic acids is 1. The molecule has 1 aromatic carbocycles. The van der Waals surface area contributed by atoms with E-state index in [2.05, 4.69) is 0 Å². The number of hydrogen-bond acceptors (Lipinski definition) is 2. The number of fused-ring (bicyclic) bond motifs is 1.